The molecule has 1 aliphatic carbocycles. The molecule has 0 aliphatic heterocycles. The summed E-state index contributed by atoms with van der Waals surface area (Å²) < 4.78 is 1.37. The maximum atomic E-state index is 12.8. The molecule has 0 spiro atoms. The molecule has 1 saturated carbocycles. The molecule has 9 heteroatoms. The summed E-state index contributed by atoms with van der Waals surface area (Å²) in [6, 6.07) is 3.09. The highest BCUT2D eigenvalue weighted by atomic mass is 16.4. The summed E-state index contributed by atoms with van der Waals surface area (Å²) in [6.45, 7) is 3.74. The molecule has 0 unspecified atom stereocenters. The summed E-state index contributed by atoms with van der Waals surface area (Å²) in [4.78, 5) is 43.2. The van der Waals surface area contributed by atoms with Gasteiger partial charge in [-0.15, -0.1) is 0 Å². The van der Waals surface area contributed by atoms with Crippen LogP contribution >= 0.6 is 0 Å². The standard InChI is InChI=1S/C19H25N5O4/c1-3-6-12-10-16(25)22-19(20-12)24-15(9-11(2)23-24)21-17(26)13-7-4-5-8-14(13)18(27)28/h9-10,13-14H,3-8H2,1-2H3,(H,21,26)(H,27,28)(H,20,22,25)/p-1/t13-,14-/m0/s1. The number of anilines is 1. The second kappa shape index (κ2) is 8.37. The molecule has 150 valence electrons. The van der Waals surface area contributed by atoms with Gasteiger partial charge in [-0.05, 0) is 26.2 Å². The minimum atomic E-state index is -1.19. The Morgan fingerprint density at radius 1 is 1.29 bits per heavy atom. The third kappa shape index (κ3) is 4.29. The van der Waals surface area contributed by atoms with Gasteiger partial charge in [0.1, 0.15) is 5.82 Å². The molecule has 0 aromatic carbocycles. The van der Waals surface area contributed by atoms with Crippen LogP contribution in [0.15, 0.2) is 16.9 Å². The Kier molecular flexibility index (Phi) is 5.91. The molecule has 1 fully saturated rings. The van der Waals surface area contributed by atoms with E-state index in [9.17, 15) is 19.5 Å². The van der Waals surface area contributed by atoms with Crippen LogP contribution in [0.5, 0.6) is 0 Å². The predicted octanol–water partition coefficient (Wildman–Crippen LogP) is 0.711. The molecule has 2 N–H and O–H groups in total. The molecule has 2 atom stereocenters. The van der Waals surface area contributed by atoms with Crippen LogP contribution in [0.3, 0.4) is 0 Å². The van der Waals surface area contributed by atoms with Crippen molar-refractivity contribution in [1.29, 1.82) is 0 Å². The number of nitrogens with zero attached hydrogens (tertiary/aromatic N) is 3. The minimum absolute atomic E-state index is 0.208. The van der Waals surface area contributed by atoms with Gasteiger partial charge in [0.25, 0.3) is 5.56 Å². The van der Waals surface area contributed by atoms with Crippen LogP contribution in [0.2, 0.25) is 0 Å². The maximum Gasteiger partial charge on any atom is 0.252 e. The molecule has 2 aromatic rings. The number of aliphatic carboxylic acids is 1. The molecule has 2 heterocycles. The lowest BCUT2D eigenvalue weighted by Crippen LogP contribution is -2.42. The van der Waals surface area contributed by atoms with Crippen molar-refractivity contribution in [2.75, 3.05) is 5.32 Å². The van der Waals surface area contributed by atoms with Gasteiger partial charge in [-0.3, -0.25) is 14.6 Å². The number of aromatic nitrogens is 4. The number of nitrogens with one attached hydrogen (secondary N) is 2. The Morgan fingerprint density at radius 3 is 2.68 bits per heavy atom. The zero-order valence-corrected chi connectivity index (χ0v) is 16.0. The van der Waals surface area contributed by atoms with Gasteiger partial charge in [0.2, 0.25) is 11.9 Å². The summed E-state index contributed by atoms with van der Waals surface area (Å²) in [5.74, 6) is -2.48. The zero-order valence-electron chi connectivity index (χ0n) is 16.0. The fraction of sp³-hybridized carbons (Fsp3) is 0.526. The lowest BCUT2D eigenvalue weighted by molar-refractivity contribution is -0.313. The normalized spacial score (nSPS) is 19.4. The van der Waals surface area contributed by atoms with Crippen molar-refractivity contribution in [2.24, 2.45) is 11.8 Å². The van der Waals surface area contributed by atoms with Crippen molar-refractivity contribution >= 4 is 17.7 Å². The van der Waals surface area contributed by atoms with E-state index in [0.29, 0.717) is 36.5 Å². The number of aryl methyl sites for hydroxylation is 2. The van der Waals surface area contributed by atoms with Gasteiger partial charge in [-0.2, -0.15) is 9.78 Å². The fourth-order valence-corrected chi connectivity index (χ4v) is 3.67. The van der Waals surface area contributed by atoms with E-state index in [1.807, 2.05) is 6.92 Å². The third-order valence-electron chi connectivity index (χ3n) is 4.98. The smallest absolute Gasteiger partial charge is 0.252 e. The van der Waals surface area contributed by atoms with Crippen molar-refractivity contribution in [3.63, 3.8) is 0 Å². The molecule has 0 radical (unpaired) electrons. The second-order valence-corrected chi connectivity index (χ2v) is 7.20. The first kappa shape index (κ1) is 19.8. The van der Waals surface area contributed by atoms with E-state index >= 15 is 0 Å². The summed E-state index contributed by atoms with van der Waals surface area (Å²) >= 11 is 0. The molecular formula is C19H24N5O4-. The van der Waals surface area contributed by atoms with Crippen molar-refractivity contribution in [1.82, 2.24) is 19.7 Å². The van der Waals surface area contributed by atoms with Crippen LogP contribution in [0.4, 0.5) is 5.82 Å². The molecular weight excluding hydrogens is 362 g/mol. The summed E-state index contributed by atoms with van der Waals surface area (Å²) in [5, 5.41) is 18.5. The maximum absolute atomic E-state index is 12.8. The number of carbonyl (C=O) groups excluding carboxylic acids is 2. The molecule has 0 bridgehead atoms. The van der Waals surface area contributed by atoms with Gasteiger partial charge in [0, 0.05) is 35.6 Å². The number of hydrogen-bond donors (Lipinski definition) is 2. The lowest BCUT2D eigenvalue weighted by Gasteiger charge is -2.31. The number of hydrogen-bond acceptors (Lipinski definition) is 6. The molecule has 1 aliphatic rings. The van der Waals surface area contributed by atoms with E-state index in [1.54, 1.807) is 13.0 Å². The van der Waals surface area contributed by atoms with Crippen molar-refractivity contribution in [3.8, 4) is 5.95 Å². The van der Waals surface area contributed by atoms with Crippen LogP contribution in [0.1, 0.15) is 50.4 Å². The van der Waals surface area contributed by atoms with Crippen LogP contribution in [-0.2, 0) is 16.0 Å². The predicted molar refractivity (Wildman–Crippen MR) is 99.8 cm³/mol. The monoisotopic (exact) mass is 386 g/mol. The highest BCUT2D eigenvalue weighted by Gasteiger charge is 2.32. The fourth-order valence-electron chi connectivity index (χ4n) is 3.67. The topological polar surface area (TPSA) is 133 Å². The molecule has 3 rings (SSSR count). The lowest BCUT2D eigenvalue weighted by atomic mass is 9.79. The van der Waals surface area contributed by atoms with Crippen LogP contribution in [0.25, 0.3) is 5.95 Å². The van der Waals surface area contributed by atoms with Gasteiger partial charge >= 0.3 is 0 Å². The van der Waals surface area contributed by atoms with Crippen molar-refractivity contribution in [3.05, 3.63) is 33.9 Å². The SMILES string of the molecule is CCCc1cc(=O)[nH]c(-n2nc(C)cc2NC(=O)[C@H]2CCCC[C@@H]2C(=O)[O-])n1. The summed E-state index contributed by atoms with van der Waals surface area (Å²) in [7, 11) is 0. The second-order valence-electron chi connectivity index (χ2n) is 7.20. The van der Waals surface area contributed by atoms with Crippen molar-refractivity contribution in [2.45, 2.75) is 52.4 Å². The number of aromatic amines is 1. The summed E-state index contributed by atoms with van der Waals surface area (Å²) in [5.41, 5.74) is 0.957. The largest absolute Gasteiger partial charge is 0.550 e. The van der Waals surface area contributed by atoms with E-state index in [0.717, 1.165) is 19.3 Å². The molecule has 9 nitrogen and oxygen atoms in total. The Hall–Kier alpha value is -2.97. The van der Waals surface area contributed by atoms with Gasteiger partial charge in [0.05, 0.1) is 5.69 Å². The Morgan fingerprint density at radius 2 is 2.00 bits per heavy atom. The van der Waals surface area contributed by atoms with Gasteiger partial charge in [0.15, 0.2) is 0 Å². The molecule has 2 aromatic heterocycles. The van der Waals surface area contributed by atoms with E-state index in [2.05, 4.69) is 20.4 Å². The van der Waals surface area contributed by atoms with Crippen LogP contribution in [0, 0.1) is 18.8 Å². The quantitative estimate of drug-likeness (QED) is 0.751. The average molecular weight is 386 g/mol. The Labute approximate surface area is 162 Å². The first-order valence-corrected chi connectivity index (χ1v) is 9.58. The first-order valence-electron chi connectivity index (χ1n) is 9.58. The van der Waals surface area contributed by atoms with Crippen LogP contribution in [-0.4, -0.2) is 31.6 Å². The van der Waals surface area contributed by atoms with Gasteiger partial charge in [-0.25, -0.2) is 4.98 Å². The number of H-pyrrole nitrogens is 1. The Balaban J connectivity index is 1.89. The van der Waals surface area contributed by atoms with Gasteiger partial charge < -0.3 is 15.2 Å². The van der Waals surface area contributed by atoms with E-state index < -0.39 is 17.8 Å². The number of amides is 1. The van der Waals surface area contributed by atoms with Crippen molar-refractivity contribution < 1.29 is 14.7 Å². The molecule has 28 heavy (non-hydrogen) atoms. The average Bonchev–Trinajstić information content (AvgIpc) is 3.01. The third-order valence-corrected chi connectivity index (χ3v) is 4.98. The summed E-state index contributed by atoms with van der Waals surface area (Å²) in [6.07, 6.45) is 3.99. The van der Waals surface area contributed by atoms with E-state index in [4.69, 9.17) is 0 Å². The first-order chi connectivity index (χ1) is 13.4. The zero-order chi connectivity index (χ0) is 20.3. The highest BCUT2D eigenvalue weighted by Crippen LogP contribution is 2.31. The molecule has 0 saturated heterocycles. The minimum Gasteiger partial charge on any atom is -0.550 e. The Bertz CT molecular complexity index is 933. The van der Waals surface area contributed by atoms with Gasteiger partial charge in [-0.1, -0.05) is 26.2 Å². The number of carboxylic acids is 1. The van der Waals surface area contributed by atoms with Crippen LogP contribution < -0.4 is 16.0 Å². The molecule has 1 amide bonds. The van der Waals surface area contributed by atoms with E-state index in [-0.39, 0.29) is 17.4 Å². The number of carboxylic acid groups (broad SMARTS) is 1. The number of rotatable bonds is 6. The number of carbonyl (C=O) groups is 2. The highest BCUT2D eigenvalue weighted by molar-refractivity contribution is 5.94. The van der Waals surface area contributed by atoms with E-state index in [1.165, 1.54) is 10.7 Å².